The van der Waals surface area contributed by atoms with Crippen LogP contribution in [0.15, 0.2) is 29.2 Å². The van der Waals surface area contributed by atoms with Gasteiger partial charge >= 0.3 is 6.18 Å². The normalized spacial score (nSPS) is 37.9. The SMILES string of the molecule is CC[C@H]1CC2C3CC[C@H]([C@H](C)CCC(=O)NS(=O)(=O)c4ccccc4C(F)(F)F)[C@@]3(C)CCC2[C@@]2(C)CCCC[C@@H]12. The van der Waals surface area contributed by atoms with Gasteiger partial charge in [-0.3, -0.25) is 4.79 Å². The largest absolute Gasteiger partial charge is 0.417 e. The third kappa shape index (κ3) is 5.48. The molecule has 3 unspecified atom stereocenters. The summed E-state index contributed by atoms with van der Waals surface area (Å²) < 4.78 is 67.5. The first-order chi connectivity index (χ1) is 19.2. The molecule has 4 nitrogen and oxygen atoms in total. The number of amides is 1. The second-order valence-corrected chi connectivity index (χ2v) is 16.1. The van der Waals surface area contributed by atoms with Gasteiger partial charge in [0, 0.05) is 6.42 Å². The number of fused-ring (bicyclic) bond motifs is 5. The highest BCUT2D eigenvalue weighted by atomic mass is 32.2. The number of hydrogen-bond acceptors (Lipinski definition) is 3. The third-order valence-corrected chi connectivity index (χ3v) is 14.0. The van der Waals surface area contributed by atoms with Crippen molar-refractivity contribution in [2.75, 3.05) is 0 Å². The van der Waals surface area contributed by atoms with Crippen LogP contribution in [0.3, 0.4) is 0 Å². The lowest BCUT2D eigenvalue weighted by molar-refractivity contribution is -0.140. The molecule has 1 aromatic rings. The highest BCUT2D eigenvalue weighted by molar-refractivity contribution is 7.90. The molecule has 8 heteroatoms. The highest BCUT2D eigenvalue weighted by Gasteiger charge is 2.61. The molecule has 230 valence electrons. The van der Waals surface area contributed by atoms with E-state index < -0.39 is 32.6 Å². The zero-order valence-corrected chi connectivity index (χ0v) is 25.9. The number of carbonyl (C=O) groups excluding carboxylic acids is 1. The van der Waals surface area contributed by atoms with Crippen molar-refractivity contribution < 1.29 is 26.4 Å². The van der Waals surface area contributed by atoms with Gasteiger partial charge in [-0.25, -0.2) is 13.1 Å². The van der Waals surface area contributed by atoms with Gasteiger partial charge in [0.05, 0.1) is 10.5 Å². The van der Waals surface area contributed by atoms with Crippen LogP contribution in [-0.4, -0.2) is 14.3 Å². The van der Waals surface area contributed by atoms with Gasteiger partial charge in [-0.15, -0.1) is 0 Å². The van der Waals surface area contributed by atoms with Crippen molar-refractivity contribution in [2.45, 2.75) is 116 Å². The van der Waals surface area contributed by atoms with Crippen molar-refractivity contribution in [2.24, 2.45) is 52.3 Å². The van der Waals surface area contributed by atoms with E-state index in [-0.39, 0.29) is 17.8 Å². The van der Waals surface area contributed by atoms with Crippen LogP contribution < -0.4 is 4.72 Å². The minimum atomic E-state index is -4.83. The topological polar surface area (TPSA) is 63.2 Å². The van der Waals surface area contributed by atoms with Crippen LogP contribution in [-0.2, 0) is 21.0 Å². The number of sulfonamides is 1. The summed E-state index contributed by atoms with van der Waals surface area (Å²) in [4.78, 5) is 11.8. The lowest BCUT2D eigenvalue weighted by atomic mass is 9.42. The van der Waals surface area contributed by atoms with Gasteiger partial charge in [0.15, 0.2) is 0 Å². The van der Waals surface area contributed by atoms with Gasteiger partial charge in [0.25, 0.3) is 10.0 Å². The fourth-order valence-corrected chi connectivity index (χ4v) is 12.0. The molecule has 9 atom stereocenters. The monoisotopic (exact) mass is 595 g/mol. The molecule has 4 fully saturated rings. The molecular weight excluding hydrogens is 547 g/mol. The standard InChI is InChI=1S/C33H48F3NO3S/c1-5-22-20-23-26-15-14-24(32(26,4)19-17-27(23)31(3)18-9-8-10-25(22)31)21(2)13-16-30(38)37-41(39,40)29-12-7-6-11-28(29)33(34,35)36/h6-7,11-12,21-27H,5,8-10,13-20H2,1-4H3,(H,37,38)/t21-,22+,23?,24-,25+,26?,27?,31+,32-/m1/s1. The average molecular weight is 596 g/mol. The Kier molecular flexibility index (Phi) is 8.41. The summed E-state index contributed by atoms with van der Waals surface area (Å²) >= 11 is 0. The van der Waals surface area contributed by atoms with Crippen molar-refractivity contribution in [1.82, 2.24) is 4.72 Å². The van der Waals surface area contributed by atoms with Crippen LogP contribution in [0.4, 0.5) is 13.2 Å². The second kappa shape index (κ2) is 11.2. The number of benzene rings is 1. The molecule has 0 spiro atoms. The van der Waals surface area contributed by atoms with Crippen molar-refractivity contribution in [1.29, 1.82) is 0 Å². The maximum Gasteiger partial charge on any atom is 0.417 e. The van der Waals surface area contributed by atoms with Crippen molar-refractivity contribution in [3.05, 3.63) is 29.8 Å². The molecular formula is C33H48F3NO3S. The molecule has 4 aliphatic carbocycles. The molecule has 1 aromatic carbocycles. The minimum absolute atomic E-state index is 0.0183. The molecule has 4 saturated carbocycles. The van der Waals surface area contributed by atoms with Gasteiger partial charge in [-0.05, 0) is 116 Å². The van der Waals surface area contributed by atoms with E-state index in [1.165, 1.54) is 63.9 Å². The summed E-state index contributed by atoms with van der Waals surface area (Å²) in [5, 5.41) is 0. The van der Waals surface area contributed by atoms with Crippen molar-refractivity contribution >= 4 is 15.9 Å². The summed E-state index contributed by atoms with van der Waals surface area (Å²) in [7, 11) is -4.63. The Morgan fingerprint density at radius 1 is 1.00 bits per heavy atom. The highest BCUT2D eigenvalue weighted by Crippen LogP contribution is 2.69. The third-order valence-electron chi connectivity index (χ3n) is 12.6. The number of nitrogens with one attached hydrogen (secondary N) is 1. The Labute approximate surface area is 244 Å². The van der Waals surface area contributed by atoms with Gasteiger partial charge < -0.3 is 0 Å². The molecule has 4 aliphatic rings. The summed E-state index contributed by atoms with van der Waals surface area (Å²) in [6, 6.07) is 3.97. The van der Waals surface area contributed by atoms with E-state index in [1.807, 2.05) is 4.72 Å². The van der Waals surface area contributed by atoms with Crippen LogP contribution in [0.1, 0.15) is 110 Å². The zero-order valence-electron chi connectivity index (χ0n) is 25.1. The Morgan fingerprint density at radius 2 is 1.71 bits per heavy atom. The van der Waals surface area contributed by atoms with Gasteiger partial charge in [-0.1, -0.05) is 59.1 Å². The van der Waals surface area contributed by atoms with E-state index in [0.717, 1.165) is 48.3 Å². The summed E-state index contributed by atoms with van der Waals surface area (Å²) in [6.07, 6.45) is 8.75. The quantitative estimate of drug-likeness (QED) is 0.343. The van der Waals surface area contributed by atoms with E-state index in [1.54, 1.807) is 0 Å². The van der Waals surface area contributed by atoms with E-state index >= 15 is 0 Å². The predicted molar refractivity (Wildman–Crippen MR) is 154 cm³/mol. The minimum Gasteiger partial charge on any atom is -0.274 e. The van der Waals surface area contributed by atoms with E-state index in [4.69, 9.17) is 0 Å². The Bertz CT molecular complexity index is 1230. The summed E-state index contributed by atoms with van der Waals surface area (Å²) in [5.41, 5.74) is -0.567. The Morgan fingerprint density at radius 3 is 2.41 bits per heavy atom. The maximum absolute atomic E-state index is 13.4. The molecule has 0 aromatic heterocycles. The molecule has 0 heterocycles. The first kappa shape index (κ1) is 30.9. The van der Waals surface area contributed by atoms with E-state index in [9.17, 15) is 26.4 Å². The average Bonchev–Trinajstić information content (AvgIpc) is 3.27. The van der Waals surface area contributed by atoms with Gasteiger partial charge in [0.2, 0.25) is 5.91 Å². The molecule has 1 N–H and O–H groups in total. The molecule has 5 rings (SSSR count). The van der Waals surface area contributed by atoms with E-state index in [0.29, 0.717) is 23.7 Å². The van der Waals surface area contributed by atoms with Crippen LogP contribution >= 0.6 is 0 Å². The fraction of sp³-hybridized carbons (Fsp3) is 0.788. The number of halogens is 3. The Hall–Kier alpha value is -1.57. The zero-order chi connectivity index (χ0) is 29.8. The number of carbonyl (C=O) groups is 1. The van der Waals surface area contributed by atoms with Crippen LogP contribution in [0.5, 0.6) is 0 Å². The number of hydrogen-bond donors (Lipinski definition) is 1. The smallest absolute Gasteiger partial charge is 0.274 e. The van der Waals surface area contributed by atoms with Crippen molar-refractivity contribution in [3.8, 4) is 0 Å². The first-order valence-electron chi connectivity index (χ1n) is 15.9. The number of alkyl halides is 3. The number of rotatable bonds is 7. The molecule has 0 bridgehead atoms. The van der Waals surface area contributed by atoms with Crippen LogP contribution in [0.25, 0.3) is 0 Å². The lowest BCUT2D eigenvalue weighted by Gasteiger charge is -2.63. The molecule has 0 saturated heterocycles. The molecule has 0 radical (unpaired) electrons. The molecule has 0 aliphatic heterocycles. The fourth-order valence-electron chi connectivity index (χ4n) is 10.7. The first-order valence-corrected chi connectivity index (χ1v) is 17.4. The van der Waals surface area contributed by atoms with E-state index in [2.05, 4.69) is 27.7 Å². The van der Waals surface area contributed by atoms with Crippen LogP contribution in [0, 0.1) is 52.3 Å². The van der Waals surface area contributed by atoms with Gasteiger partial charge in [-0.2, -0.15) is 13.2 Å². The van der Waals surface area contributed by atoms with Gasteiger partial charge in [0.1, 0.15) is 0 Å². The second-order valence-electron chi connectivity index (χ2n) is 14.4. The lowest BCUT2D eigenvalue weighted by Crippen LogP contribution is -2.55. The predicted octanol–water partition coefficient (Wildman–Crippen LogP) is 8.61. The van der Waals surface area contributed by atoms with Crippen LogP contribution in [0.2, 0.25) is 0 Å². The summed E-state index contributed by atoms with van der Waals surface area (Å²) in [5.74, 6) is 3.97. The maximum atomic E-state index is 13.4. The molecule has 1 amide bonds. The van der Waals surface area contributed by atoms with Crippen molar-refractivity contribution in [3.63, 3.8) is 0 Å². The summed E-state index contributed by atoms with van der Waals surface area (Å²) in [6.45, 7) is 9.67. The molecule has 41 heavy (non-hydrogen) atoms. The Balaban J connectivity index is 1.24.